The lowest BCUT2D eigenvalue weighted by molar-refractivity contribution is -0.000493. The van der Waals surface area contributed by atoms with Crippen LogP contribution in [0.3, 0.4) is 0 Å². The average Bonchev–Trinajstić information content (AvgIpc) is 2.71. The Hall–Kier alpha value is -1.11. The largest absolute Gasteiger partial charge is 0.733 e. The number of allylic oxidation sites excluding steroid dienone is 1. The first-order valence-corrected chi connectivity index (χ1v) is 5.88. The van der Waals surface area contributed by atoms with Gasteiger partial charge in [0, 0.05) is 0 Å². The first kappa shape index (κ1) is 13.3. The van der Waals surface area contributed by atoms with Gasteiger partial charge >= 0.3 is 0 Å². The topological polar surface area (TPSA) is 70.6 Å². The van der Waals surface area contributed by atoms with Crippen LogP contribution in [-0.2, 0) is 0 Å². The maximum absolute atomic E-state index is 11.1. The van der Waals surface area contributed by atoms with Crippen LogP contribution < -0.4 is 10.6 Å². The molecule has 0 aromatic heterocycles. The number of hydrogen-bond donors (Lipinski definition) is 3. The quantitative estimate of drug-likeness (QED) is 0.726. The van der Waals surface area contributed by atoms with Crippen molar-refractivity contribution in [2.75, 3.05) is 10.6 Å². The highest BCUT2D eigenvalue weighted by atomic mass is 35.5. The summed E-state index contributed by atoms with van der Waals surface area (Å²) >= 11 is 16.8. The average molecular weight is 308 g/mol. The van der Waals surface area contributed by atoms with E-state index >= 15 is 0 Å². The molecule has 0 atom stereocenters. The van der Waals surface area contributed by atoms with Crippen molar-refractivity contribution in [3.63, 3.8) is 0 Å². The van der Waals surface area contributed by atoms with Gasteiger partial charge in [-0.1, -0.05) is 46.9 Å². The minimum absolute atomic E-state index is 0.192. The van der Waals surface area contributed by atoms with Crippen LogP contribution in [0.25, 0.3) is 0 Å². The number of hydrogen-bond acceptors (Lipinski definition) is 5. The van der Waals surface area contributed by atoms with Crippen LogP contribution in [-0.4, -0.2) is 10.4 Å². The fourth-order valence-electron chi connectivity index (χ4n) is 1.50. The van der Waals surface area contributed by atoms with Crippen LogP contribution >= 0.6 is 34.8 Å². The van der Waals surface area contributed by atoms with E-state index < -0.39 is 5.23 Å². The minimum Gasteiger partial charge on any atom is -0.733 e. The van der Waals surface area contributed by atoms with Gasteiger partial charge in [0.25, 0.3) is 0 Å². The molecule has 0 amide bonds. The molecule has 18 heavy (non-hydrogen) atoms. The van der Waals surface area contributed by atoms with Crippen LogP contribution in [0.5, 0.6) is 0 Å². The van der Waals surface area contributed by atoms with Crippen LogP contribution in [0.2, 0.25) is 0 Å². The van der Waals surface area contributed by atoms with Crippen LogP contribution in [0.4, 0.5) is 11.4 Å². The molecule has 0 bridgehead atoms. The highest BCUT2D eigenvalue weighted by Gasteiger charge is 2.21. The molecule has 96 valence electrons. The second-order valence-electron chi connectivity index (χ2n) is 3.37. The Morgan fingerprint density at radius 2 is 1.61 bits per heavy atom. The third kappa shape index (κ3) is 2.50. The molecule has 0 radical (unpaired) electrons. The van der Waals surface area contributed by atoms with Crippen molar-refractivity contribution in [3.8, 4) is 0 Å². The number of hydroxylamine groups is 2. The normalized spacial score (nSPS) is 12.4. The first-order chi connectivity index (χ1) is 8.50. The summed E-state index contributed by atoms with van der Waals surface area (Å²) in [5.41, 5.74) is 1.18. The Morgan fingerprint density at radius 3 is 2.00 bits per heavy atom. The molecule has 1 aromatic rings. The zero-order valence-corrected chi connectivity index (χ0v) is 11.0. The Labute approximate surface area is 118 Å². The van der Waals surface area contributed by atoms with Gasteiger partial charge in [0.2, 0.25) is 0 Å². The minimum atomic E-state index is -0.408. The molecule has 1 aliphatic heterocycles. The van der Waals surface area contributed by atoms with E-state index in [1.807, 2.05) is 12.1 Å². The van der Waals surface area contributed by atoms with Crippen LogP contribution in [0, 0.1) is 5.21 Å². The summed E-state index contributed by atoms with van der Waals surface area (Å²) in [6, 6.07) is 7.21. The molecule has 5 nitrogen and oxygen atoms in total. The van der Waals surface area contributed by atoms with Crippen molar-refractivity contribution in [2.24, 2.45) is 0 Å². The van der Waals surface area contributed by atoms with Gasteiger partial charge in [-0.05, 0) is 12.1 Å². The summed E-state index contributed by atoms with van der Waals surface area (Å²) in [5.74, 6) is 0.192. The summed E-state index contributed by atoms with van der Waals surface area (Å²) in [7, 11) is 0. The van der Waals surface area contributed by atoms with Gasteiger partial charge in [0.1, 0.15) is 16.0 Å². The van der Waals surface area contributed by atoms with Gasteiger partial charge in [0.15, 0.2) is 0 Å². The third-order valence-corrected chi connectivity index (χ3v) is 3.19. The molecule has 0 unspecified atom stereocenters. The van der Waals surface area contributed by atoms with E-state index in [1.54, 1.807) is 12.1 Å². The molecule has 8 heteroatoms. The number of halogens is 3. The lowest BCUT2D eigenvalue weighted by atomic mass is 10.3. The molecule has 0 aliphatic carbocycles. The van der Waals surface area contributed by atoms with Crippen LogP contribution in [0.1, 0.15) is 0 Å². The van der Waals surface area contributed by atoms with Gasteiger partial charge in [-0.25, -0.2) is 0 Å². The molecule has 0 spiro atoms. The second-order valence-corrected chi connectivity index (χ2v) is 4.69. The van der Waals surface area contributed by atoms with E-state index in [-0.39, 0.29) is 21.0 Å². The number of para-hydroxylation sites is 2. The fraction of sp³-hybridized carbons (Fsp3) is 0. The SMILES string of the molecule is [O-]N(O)C(=C1Nc2ccccc2N1)C(Cl)=C(Cl)Cl. The third-order valence-electron chi connectivity index (χ3n) is 2.25. The van der Waals surface area contributed by atoms with Gasteiger partial charge in [-0.15, -0.1) is 0 Å². The number of rotatable bonds is 2. The Bertz CT molecular complexity index is 512. The number of benzene rings is 1. The predicted octanol–water partition coefficient (Wildman–Crippen LogP) is 3.77. The van der Waals surface area contributed by atoms with E-state index in [4.69, 9.17) is 40.0 Å². The van der Waals surface area contributed by atoms with Gasteiger partial charge in [-0.3, -0.25) is 5.21 Å². The maximum Gasteiger partial charge on any atom is 0.135 e. The molecule has 1 aromatic carbocycles. The van der Waals surface area contributed by atoms with Crippen molar-refractivity contribution in [1.82, 2.24) is 5.23 Å². The van der Waals surface area contributed by atoms with E-state index in [1.165, 1.54) is 0 Å². The molecule has 2 rings (SSSR count). The highest BCUT2D eigenvalue weighted by Crippen LogP contribution is 2.35. The summed E-state index contributed by atoms with van der Waals surface area (Å²) in [6.07, 6.45) is 0. The first-order valence-electron chi connectivity index (χ1n) is 4.75. The van der Waals surface area contributed by atoms with E-state index in [0.717, 1.165) is 11.4 Å². The molecular formula is C10H7Cl3N3O2-. The van der Waals surface area contributed by atoms with E-state index in [0.29, 0.717) is 0 Å². The maximum atomic E-state index is 11.1. The Kier molecular flexibility index (Phi) is 3.89. The number of nitrogens with zero attached hydrogens (tertiary/aromatic N) is 1. The summed E-state index contributed by atoms with van der Waals surface area (Å²) in [5, 5.41) is 25.3. The second kappa shape index (κ2) is 5.26. The number of nitrogens with one attached hydrogen (secondary N) is 2. The van der Waals surface area contributed by atoms with Crippen molar-refractivity contribution < 1.29 is 5.21 Å². The number of fused-ring (bicyclic) bond motifs is 1. The van der Waals surface area contributed by atoms with Crippen molar-refractivity contribution in [2.45, 2.75) is 0 Å². The molecule has 3 N–H and O–H groups in total. The molecule has 0 saturated heterocycles. The molecule has 1 aliphatic rings. The Morgan fingerprint density at radius 1 is 1.11 bits per heavy atom. The highest BCUT2D eigenvalue weighted by molar-refractivity contribution is 6.59. The molecular weight excluding hydrogens is 300 g/mol. The summed E-state index contributed by atoms with van der Waals surface area (Å²) in [4.78, 5) is 0. The zero-order valence-electron chi connectivity index (χ0n) is 8.75. The van der Waals surface area contributed by atoms with E-state index in [2.05, 4.69) is 10.6 Å². The smallest absolute Gasteiger partial charge is 0.135 e. The van der Waals surface area contributed by atoms with Crippen molar-refractivity contribution >= 4 is 46.2 Å². The lowest BCUT2D eigenvalue weighted by Gasteiger charge is -2.26. The fourth-order valence-corrected chi connectivity index (χ4v) is 1.84. The van der Waals surface area contributed by atoms with Crippen molar-refractivity contribution in [1.29, 1.82) is 0 Å². The molecule has 1 heterocycles. The standard InChI is InChI=1S/C10H7Cl3N3O2/c11-7(9(12)13)8(16(17)18)10-14-5-3-1-2-4-6(5)15-10/h1-4,14-15,17H/q-1. The van der Waals surface area contributed by atoms with E-state index in [9.17, 15) is 5.21 Å². The summed E-state index contributed by atoms with van der Waals surface area (Å²) in [6.45, 7) is 0. The zero-order chi connectivity index (χ0) is 13.3. The monoisotopic (exact) mass is 306 g/mol. The van der Waals surface area contributed by atoms with Gasteiger partial charge < -0.3 is 21.1 Å². The summed E-state index contributed by atoms with van der Waals surface area (Å²) < 4.78 is -0.325. The van der Waals surface area contributed by atoms with Gasteiger partial charge in [0.05, 0.1) is 16.4 Å². The van der Waals surface area contributed by atoms with Crippen molar-refractivity contribution in [3.05, 3.63) is 50.5 Å². The van der Waals surface area contributed by atoms with Gasteiger partial charge in [-0.2, -0.15) is 0 Å². The number of anilines is 2. The van der Waals surface area contributed by atoms with Crippen LogP contribution in [0.15, 0.2) is 45.3 Å². The lowest BCUT2D eigenvalue weighted by Crippen LogP contribution is -2.18. The Balaban J connectivity index is 2.46. The molecule has 0 saturated carbocycles. The molecule has 0 fully saturated rings. The predicted molar refractivity (Wildman–Crippen MR) is 72.3 cm³/mol.